The summed E-state index contributed by atoms with van der Waals surface area (Å²) in [6.45, 7) is 6.43. The van der Waals surface area contributed by atoms with Gasteiger partial charge >= 0.3 is 0 Å². The van der Waals surface area contributed by atoms with Crippen molar-refractivity contribution < 1.29 is 0 Å². The predicted octanol–water partition coefficient (Wildman–Crippen LogP) is 5.25. The molecule has 0 aliphatic carbocycles. The van der Waals surface area contributed by atoms with Gasteiger partial charge in [0.2, 0.25) is 0 Å². The average Bonchev–Trinajstić information content (AvgIpc) is 3.17. The van der Waals surface area contributed by atoms with Crippen LogP contribution in [0.15, 0.2) is 54.0 Å². The van der Waals surface area contributed by atoms with Crippen molar-refractivity contribution in [1.82, 2.24) is 10.3 Å². The Morgan fingerprint density at radius 2 is 1.85 bits per heavy atom. The second-order valence-corrected chi connectivity index (χ2v) is 8.14. The van der Waals surface area contributed by atoms with E-state index in [9.17, 15) is 0 Å². The number of thiophene rings is 1. The molecule has 5 heteroatoms. The van der Waals surface area contributed by atoms with Crippen molar-refractivity contribution in [2.24, 2.45) is 0 Å². The summed E-state index contributed by atoms with van der Waals surface area (Å²) < 4.78 is 0. The molecule has 0 saturated carbocycles. The van der Waals surface area contributed by atoms with Crippen LogP contribution >= 0.6 is 23.6 Å². The van der Waals surface area contributed by atoms with Gasteiger partial charge in [-0.25, -0.2) is 0 Å². The second-order valence-electron chi connectivity index (χ2n) is 6.81. The third kappa shape index (κ3) is 3.02. The zero-order valence-electron chi connectivity index (χ0n) is 15.1. The van der Waals surface area contributed by atoms with Crippen molar-refractivity contribution in [2.75, 3.05) is 4.90 Å². The van der Waals surface area contributed by atoms with Crippen molar-refractivity contribution >= 4 is 34.4 Å². The van der Waals surface area contributed by atoms with Crippen molar-refractivity contribution in [3.63, 3.8) is 0 Å². The lowest BCUT2D eigenvalue weighted by atomic mass is 10.00. The fraction of sp³-hybridized carbons (Fsp3) is 0.238. The number of benzene rings is 1. The summed E-state index contributed by atoms with van der Waals surface area (Å²) in [7, 11) is 0. The van der Waals surface area contributed by atoms with Gasteiger partial charge in [0.1, 0.15) is 0 Å². The van der Waals surface area contributed by atoms with Crippen LogP contribution in [0.3, 0.4) is 0 Å². The van der Waals surface area contributed by atoms with Gasteiger partial charge in [-0.3, -0.25) is 4.98 Å². The predicted molar refractivity (Wildman–Crippen MR) is 113 cm³/mol. The minimum Gasteiger partial charge on any atom is -0.351 e. The summed E-state index contributed by atoms with van der Waals surface area (Å²) in [6, 6.07) is 15.0. The maximum atomic E-state index is 5.77. The Morgan fingerprint density at radius 3 is 2.46 bits per heavy atom. The highest BCUT2D eigenvalue weighted by Crippen LogP contribution is 2.44. The lowest BCUT2D eigenvalue weighted by Crippen LogP contribution is -2.29. The van der Waals surface area contributed by atoms with Crippen LogP contribution in [0.5, 0.6) is 0 Å². The molecule has 1 fully saturated rings. The molecule has 2 atom stereocenters. The molecule has 0 bridgehead atoms. The average molecular weight is 380 g/mol. The van der Waals surface area contributed by atoms with Crippen LogP contribution in [0.2, 0.25) is 0 Å². The molecule has 1 N–H and O–H groups in total. The Morgan fingerprint density at radius 1 is 1.08 bits per heavy atom. The Labute approximate surface area is 163 Å². The van der Waals surface area contributed by atoms with Gasteiger partial charge in [0, 0.05) is 16.8 Å². The molecule has 1 aromatic carbocycles. The van der Waals surface area contributed by atoms with E-state index in [0.717, 1.165) is 16.5 Å². The second kappa shape index (κ2) is 6.82. The molecule has 1 saturated heterocycles. The number of pyridine rings is 1. The normalized spacial score (nSPS) is 19.7. The number of aromatic nitrogens is 1. The molecule has 26 heavy (non-hydrogen) atoms. The highest BCUT2D eigenvalue weighted by molar-refractivity contribution is 7.80. The molecule has 1 aliphatic heterocycles. The van der Waals surface area contributed by atoms with Crippen LogP contribution < -0.4 is 10.2 Å². The highest BCUT2D eigenvalue weighted by Gasteiger charge is 2.41. The molecule has 0 amide bonds. The van der Waals surface area contributed by atoms with Gasteiger partial charge in [-0.1, -0.05) is 12.1 Å². The minimum atomic E-state index is 0.0295. The number of hydrogen-bond donors (Lipinski definition) is 1. The van der Waals surface area contributed by atoms with E-state index >= 15 is 0 Å². The summed E-state index contributed by atoms with van der Waals surface area (Å²) in [5.74, 6) is 0. The van der Waals surface area contributed by atoms with Crippen LogP contribution in [0.4, 0.5) is 5.69 Å². The summed E-state index contributed by atoms with van der Waals surface area (Å²) >= 11 is 7.56. The smallest absolute Gasteiger partial charge is 0.174 e. The van der Waals surface area contributed by atoms with E-state index in [2.05, 4.69) is 71.7 Å². The first-order chi connectivity index (χ1) is 12.5. The molecule has 2 aromatic heterocycles. The summed E-state index contributed by atoms with van der Waals surface area (Å²) in [4.78, 5) is 8.19. The van der Waals surface area contributed by atoms with E-state index in [1.54, 1.807) is 11.3 Å². The minimum absolute atomic E-state index is 0.0295. The number of hydrogen-bond acceptors (Lipinski definition) is 3. The number of aryl methyl sites for hydroxylation is 3. The number of nitrogens with zero attached hydrogens (tertiary/aromatic N) is 2. The Kier molecular flexibility index (Phi) is 4.51. The standard InChI is InChI=1S/C21H21N3S2/c1-13-10-14(2)12-16(11-13)24-19(20-15(3)7-9-26-20)18(23-21(24)25)17-6-4-5-8-22-17/h4-12,18-19H,1-3H3,(H,23,25)/t18-,19+/m0/s1. The largest absolute Gasteiger partial charge is 0.351 e. The fourth-order valence-electron chi connectivity index (χ4n) is 3.68. The first-order valence-corrected chi connectivity index (χ1v) is 9.96. The van der Waals surface area contributed by atoms with E-state index in [0.29, 0.717) is 0 Å². The molecule has 0 spiro atoms. The summed E-state index contributed by atoms with van der Waals surface area (Å²) in [5, 5.41) is 6.43. The lowest BCUT2D eigenvalue weighted by molar-refractivity contribution is 0.573. The molecule has 3 heterocycles. The molecule has 4 rings (SSSR count). The molecule has 3 nitrogen and oxygen atoms in total. The van der Waals surface area contributed by atoms with Gasteiger partial charge in [-0.15, -0.1) is 11.3 Å². The maximum Gasteiger partial charge on any atom is 0.174 e. The third-order valence-electron chi connectivity index (χ3n) is 4.75. The monoisotopic (exact) mass is 379 g/mol. The van der Waals surface area contributed by atoms with Gasteiger partial charge in [-0.05, 0) is 85.4 Å². The van der Waals surface area contributed by atoms with E-state index in [4.69, 9.17) is 12.2 Å². The highest BCUT2D eigenvalue weighted by atomic mass is 32.1. The summed E-state index contributed by atoms with van der Waals surface area (Å²) in [5.41, 5.74) is 5.93. The maximum absolute atomic E-state index is 5.77. The SMILES string of the molecule is Cc1cc(C)cc(N2C(=S)N[C@@H](c3ccccn3)[C@@H]2c2sccc2C)c1. The first-order valence-electron chi connectivity index (χ1n) is 8.67. The third-order valence-corrected chi connectivity index (χ3v) is 6.16. The molecule has 132 valence electrons. The van der Waals surface area contributed by atoms with Gasteiger partial charge in [0.05, 0.1) is 17.8 Å². The Balaban J connectivity index is 1.86. The Hall–Kier alpha value is -2.24. The van der Waals surface area contributed by atoms with E-state index in [-0.39, 0.29) is 12.1 Å². The lowest BCUT2D eigenvalue weighted by Gasteiger charge is -2.28. The van der Waals surface area contributed by atoms with E-state index in [1.165, 1.54) is 21.6 Å². The quantitative estimate of drug-likeness (QED) is 0.630. The topological polar surface area (TPSA) is 28.2 Å². The fourth-order valence-corrected chi connectivity index (χ4v) is 5.08. The number of nitrogens with one attached hydrogen (secondary N) is 1. The molecular formula is C21H21N3S2. The zero-order chi connectivity index (χ0) is 18.3. The van der Waals surface area contributed by atoms with Crippen LogP contribution in [0.25, 0.3) is 0 Å². The summed E-state index contributed by atoms with van der Waals surface area (Å²) in [6.07, 6.45) is 1.85. The van der Waals surface area contributed by atoms with Gasteiger partial charge < -0.3 is 10.2 Å². The molecule has 0 radical (unpaired) electrons. The molecular weight excluding hydrogens is 358 g/mol. The number of anilines is 1. The van der Waals surface area contributed by atoms with Crippen LogP contribution in [-0.2, 0) is 0 Å². The molecule has 3 aromatic rings. The van der Waals surface area contributed by atoms with Crippen molar-refractivity contribution in [1.29, 1.82) is 0 Å². The van der Waals surface area contributed by atoms with Gasteiger partial charge in [0.15, 0.2) is 5.11 Å². The van der Waals surface area contributed by atoms with Crippen LogP contribution in [0.1, 0.15) is 39.3 Å². The number of rotatable bonds is 3. The van der Waals surface area contributed by atoms with Gasteiger partial charge in [0.25, 0.3) is 0 Å². The van der Waals surface area contributed by atoms with E-state index < -0.39 is 0 Å². The van der Waals surface area contributed by atoms with Crippen molar-refractivity contribution in [3.8, 4) is 0 Å². The van der Waals surface area contributed by atoms with Gasteiger partial charge in [-0.2, -0.15) is 0 Å². The number of thiocarbonyl (C=S) groups is 1. The van der Waals surface area contributed by atoms with Crippen molar-refractivity contribution in [3.05, 3.63) is 81.3 Å². The van der Waals surface area contributed by atoms with Crippen LogP contribution in [0, 0.1) is 20.8 Å². The molecule has 0 unspecified atom stereocenters. The first kappa shape index (κ1) is 17.2. The molecule has 1 aliphatic rings. The van der Waals surface area contributed by atoms with Crippen molar-refractivity contribution in [2.45, 2.75) is 32.9 Å². The van der Waals surface area contributed by atoms with Crippen LogP contribution in [-0.4, -0.2) is 10.1 Å². The van der Waals surface area contributed by atoms with E-state index in [1.807, 2.05) is 18.3 Å². The zero-order valence-corrected chi connectivity index (χ0v) is 16.7. The Bertz CT molecular complexity index is 929.